The molecule has 1 aromatic carbocycles. The van der Waals surface area contributed by atoms with E-state index < -0.39 is 5.67 Å². The number of allylic oxidation sites excluding steroid dienone is 1. The number of halogens is 1. The minimum atomic E-state index is -1.26. The maximum absolute atomic E-state index is 14.0. The van der Waals surface area contributed by atoms with Crippen molar-refractivity contribution in [1.29, 1.82) is 0 Å². The fourth-order valence-electron chi connectivity index (χ4n) is 1.67. The molecule has 0 aliphatic rings. The fourth-order valence-corrected chi connectivity index (χ4v) is 1.67. The highest BCUT2D eigenvalue weighted by atomic mass is 19.1. The number of aryl methyl sites for hydroxylation is 1. The van der Waals surface area contributed by atoms with Gasteiger partial charge in [-0.2, -0.15) is 0 Å². The molecule has 0 unspecified atom stereocenters. The topological polar surface area (TPSA) is 0 Å². The van der Waals surface area contributed by atoms with Crippen LogP contribution in [-0.4, -0.2) is 0 Å². The summed E-state index contributed by atoms with van der Waals surface area (Å²) in [6.45, 7) is 21.1. The van der Waals surface area contributed by atoms with E-state index >= 15 is 0 Å². The average Bonchev–Trinajstić information content (AvgIpc) is 2.39. The van der Waals surface area contributed by atoms with Crippen molar-refractivity contribution in [3.63, 3.8) is 0 Å². The van der Waals surface area contributed by atoms with Crippen molar-refractivity contribution in [3.8, 4) is 0 Å². The average molecular weight is 294 g/mol. The summed E-state index contributed by atoms with van der Waals surface area (Å²) in [5.74, 6) is 0. The van der Waals surface area contributed by atoms with Gasteiger partial charge < -0.3 is 0 Å². The van der Waals surface area contributed by atoms with Crippen LogP contribution in [0.4, 0.5) is 4.39 Å². The van der Waals surface area contributed by atoms with Crippen molar-refractivity contribution in [2.24, 2.45) is 0 Å². The third kappa shape index (κ3) is 8.70. The van der Waals surface area contributed by atoms with Gasteiger partial charge in [-0.1, -0.05) is 65.8 Å². The lowest BCUT2D eigenvalue weighted by molar-refractivity contribution is 0.221. The molecular weight excluding hydrogens is 259 g/mol. The first kappa shape index (κ1) is 22.2. The van der Waals surface area contributed by atoms with Crippen molar-refractivity contribution in [2.75, 3.05) is 0 Å². The van der Waals surface area contributed by atoms with Crippen LogP contribution in [0.3, 0.4) is 0 Å². The quantitative estimate of drug-likeness (QED) is 0.517. The van der Waals surface area contributed by atoms with Gasteiger partial charge in [0.1, 0.15) is 5.67 Å². The second-order valence-electron chi connectivity index (χ2n) is 6.40. The van der Waals surface area contributed by atoms with E-state index in [1.807, 2.05) is 32.9 Å². The maximum atomic E-state index is 14.0. The number of alkyl halides is 1. The van der Waals surface area contributed by atoms with Crippen molar-refractivity contribution in [2.45, 2.75) is 79.8 Å². The molecule has 0 aromatic heterocycles. The Kier molecular flexibility index (Phi) is 10.3. The number of hydrogen-bond donors (Lipinski definition) is 0. The van der Waals surface area contributed by atoms with E-state index in [2.05, 4.69) is 40.3 Å². The molecule has 0 nitrogen and oxygen atoms in total. The highest BCUT2D eigenvalue weighted by Gasteiger charge is 2.22. The van der Waals surface area contributed by atoms with Crippen molar-refractivity contribution < 1.29 is 4.39 Å². The molecule has 1 heteroatoms. The fraction of sp³-hybridized carbons (Fsp3) is 0.600. The summed E-state index contributed by atoms with van der Waals surface area (Å²) in [6, 6.07) is 6.17. The summed E-state index contributed by atoms with van der Waals surface area (Å²) in [4.78, 5) is 0. The zero-order valence-corrected chi connectivity index (χ0v) is 15.6. The van der Waals surface area contributed by atoms with Gasteiger partial charge in [0, 0.05) is 0 Å². The lowest BCUT2D eigenvalue weighted by atomic mass is 9.83. The summed E-state index contributed by atoms with van der Waals surface area (Å²) < 4.78 is 14.0. The van der Waals surface area contributed by atoms with Gasteiger partial charge in [0.05, 0.1) is 0 Å². The summed E-state index contributed by atoms with van der Waals surface area (Å²) in [5.41, 5.74) is 2.04. The number of hydrogen-bond acceptors (Lipinski definition) is 0. The van der Waals surface area contributed by atoms with E-state index in [0.717, 1.165) is 12.0 Å². The van der Waals surface area contributed by atoms with Gasteiger partial charge in [0.2, 0.25) is 0 Å². The minimum absolute atomic E-state index is 0.0746. The molecule has 0 bridgehead atoms. The molecule has 0 amide bonds. The minimum Gasteiger partial charge on any atom is -0.239 e. The predicted molar refractivity (Wildman–Crippen MR) is 95.9 cm³/mol. The Hall–Kier alpha value is -1.11. The lowest BCUT2D eigenvalue weighted by Gasteiger charge is -2.24. The van der Waals surface area contributed by atoms with E-state index in [0.29, 0.717) is 0 Å². The molecule has 0 heterocycles. The Morgan fingerprint density at radius 3 is 1.67 bits per heavy atom. The second kappa shape index (κ2) is 9.76. The van der Waals surface area contributed by atoms with Gasteiger partial charge in [-0.25, -0.2) is 4.39 Å². The summed E-state index contributed by atoms with van der Waals surface area (Å²) in [6.07, 6.45) is 2.70. The molecule has 1 aromatic rings. The standard InChI is InChI=1S/C15H23F.C3H6.C2H6/c1-7-11-8-12(14(2,3)4)10-13(9-11)15(5,6)16;1-3-2;1-2/h8-10H,7H2,1-6H3;3H,1H2,2H3;1-2H3. The van der Waals surface area contributed by atoms with Gasteiger partial charge in [-0.05, 0) is 49.3 Å². The largest absolute Gasteiger partial charge is 0.239 e. The van der Waals surface area contributed by atoms with Crippen LogP contribution < -0.4 is 0 Å². The van der Waals surface area contributed by atoms with Crippen LogP contribution in [0.2, 0.25) is 0 Å². The van der Waals surface area contributed by atoms with E-state index in [1.165, 1.54) is 11.1 Å². The predicted octanol–water partition coefficient (Wildman–Crippen LogP) is 6.97. The Balaban J connectivity index is 0. The summed E-state index contributed by atoms with van der Waals surface area (Å²) >= 11 is 0. The smallest absolute Gasteiger partial charge is 0.130 e. The zero-order chi connectivity index (χ0) is 17.3. The Morgan fingerprint density at radius 1 is 1.00 bits per heavy atom. The van der Waals surface area contributed by atoms with Crippen LogP contribution in [0.25, 0.3) is 0 Å². The first-order chi connectivity index (χ1) is 9.56. The monoisotopic (exact) mass is 294 g/mol. The first-order valence-corrected chi connectivity index (χ1v) is 7.97. The van der Waals surface area contributed by atoms with E-state index in [-0.39, 0.29) is 5.41 Å². The zero-order valence-electron chi connectivity index (χ0n) is 15.6. The van der Waals surface area contributed by atoms with E-state index in [9.17, 15) is 4.39 Å². The van der Waals surface area contributed by atoms with Gasteiger partial charge in [-0.15, -0.1) is 6.58 Å². The van der Waals surface area contributed by atoms with Gasteiger partial charge >= 0.3 is 0 Å². The van der Waals surface area contributed by atoms with Crippen LogP contribution in [0.15, 0.2) is 30.9 Å². The second-order valence-corrected chi connectivity index (χ2v) is 6.40. The van der Waals surface area contributed by atoms with Crippen molar-refractivity contribution in [1.82, 2.24) is 0 Å². The molecule has 0 atom stereocenters. The van der Waals surface area contributed by atoms with Crippen LogP contribution in [0, 0.1) is 0 Å². The van der Waals surface area contributed by atoms with Crippen molar-refractivity contribution in [3.05, 3.63) is 47.5 Å². The molecule has 21 heavy (non-hydrogen) atoms. The Labute approximate surface area is 132 Å². The molecule has 0 spiro atoms. The highest BCUT2D eigenvalue weighted by Crippen LogP contribution is 2.31. The maximum Gasteiger partial charge on any atom is 0.130 e. The van der Waals surface area contributed by atoms with E-state index in [4.69, 9.17) is 0 Å². The summed E-state index contributed by atoms with van der Waals surface area (Å²) in [7, 11) is 0. The van der Waals surface area contributed by atoms with Gasteiger partial charge in [0.25, 0.3) is 0 Å². The SMILES string of the molecule is C=CC.CC.CCc1cc(C(C)(C)C)cc(C(C)(C)F)c1. The van der Waals surface area contributed by atoms with Gasteiger partial charge in [-0.3, -0.25) is 0 Å². The number of benzene rings is 1. The molecular formula is C20H35F. The van der Waals surface area contributed by atoms with Crippen LogP contribution in [0.5, 0.6) is 0 Å². The van der Waals surface area contributed by atoms with Crippen molar-refractivity contribution >= 4 is 0 Å². The third-order valence-electron chi connectivity index (χ3n) is 2.95. The Bertz CT molecular complexity index is 371. The summed E-state index contributed by atoms with van der Waals surface area (Å²) in [5, 5.41) is 0. The molecule has 0 radical (unpaired) electrons. The molecule has 0 saturated heterocycles. The van der Waals surface area contributed by atoms with E-state index in [1.54, 1.807) is 19.9 Å². The molecule has 1 rings (SSSR count). The molecule has 0 aliphatic carbocycles. The van der Waals surface area contributed by atoms with Crippen LogP contribution >= 0.6 is 0 Å². The molecule has 0 N–H and O–H groups in total. The van der Waals surface area contributed by atoms with Crippen LogP contribution in [0.1, 0.15) is 79.0 Å². The first-order valence-electron chi connectivity index (χ1n) is 7.97. The third-order valence-corrected chi connectivity index (χ3v) is 2.95. The van der Waals surface area contributed by atoms with Crippen LogP contribution in [-0.2, 0) is 17.5 Å². The lowest BCUT2D eigenvalue weighted by Crippen LogP contribution is -2.16. The van der Waals surface area contributed by atoms with Gasteiger partial charge in [0.15, 0.2) is 0 Å². The highest BCUT2D eigenvalue weighted by molar-refractivity contribution is 5.36. The molecule has 0 aliphatic heterocycles. The molecule has 0 saturated carbocycles. The molecule has 0 fully saturated rings. The molecule has 122 valence electrons. The number of rotatable bonds is 2. The normalized spacial score (nSPS) is 10.8. The Morgan fingerprint density at radius 2 is 1.38 bits per heavy atom.